The van der Waals surface area contributed by atoms with Crippen molar-refractivity contribution in [2.75, 3.05) is 11.0 Å². The van der Waals surface area contributed by atoms with Gasteiger partial charge in [0, 0.05) is 24.5 Å². The van der Waals surface area contributed by atoms with Crippen LogP contribution in [0.5, 0.6) is 0 Å². The smallest absolute Gasteiger partial charge is 0.351 e. The molecule has 33 heavy (non-hydrogen) atoms. The fourth-order valence-electron chi connectivity index (χ4n) is 2.96. The lowest BCUT2D eigenvalue weighted by atomic mass is 9.99. The molecule has 0 radical (unpaired) electrons. The number of sulfonamides is 1. The number of carbonyl (C=O) groups excluding carboxylic acids is 1. The van der Waals surface area contributed by atoms with Gasteiger partial charge in [-0.1, -0.05) is 12.1 Å². The van der Waals surface area contributed by atoms with Crippen molar-refractivity contribution in [1.82, 2.24) is 20.3 Å². The van der Waals surface area contributed by atoms with Crippen LogP contribution in [0, 0.1) is 5.82 Å². The highest BCUT2D eigenvalue weighted by Crippen LogP contribution is 2.30. The Bertz CT molecular complexity index is 1260. The van der Waals surface area contributed by atoms with Gasteiger partial charge in [0.2, 0.25) is 15.9 Å². The zero-order chi connectivity index (χ0) is 24.4. The van der Waals surface area contributed by atoms with Gasteiger partial charge in [-0.15, -0.1) is 0 Å². The summed E-state index contributed by atoms with van der Waals surface area (Å²) in [6.45, 7) is 1.35. The van der Waals surface area contributed by atoms with Gasteiger partial charge in [-0.05, 0) is 30.7 Å². The Morgan fingerprint density at radius 1 is 1.21 bits per heavy atom. The molecule has 3 N–H and O–H groups in total. The molecule has 0 saturated carbocycles. The molecule has 1 unspecified atom stereocenters. The number of amides is 1. The van der Waals surface area contributed by atoms with E-state index in [1.54, 1.807) is 0 Å². The van der Waals surface area contributed by atoms with E-state index in [-0.39, 0.29) is 34.9 Å². The molecular formula is C20H19F4N5O3S. The fourth-order valence-corrected chi connectivity index (χ4v) is 3.52. The SMILES string of the molecule is CC(C(=O)NCc1ccc(C(F)(F)F)nc1-c1ncc[nH]1)c1ccc(NS(C)(=O)=O)c(F)c1. The highest BCUT2D eigenvalue weighted by Gasteiger charge is 2.33. The number of nitrogens with one attached hydrogen (secondary N) is 3. The van der Waals surface area contributed by atoms with Gasteiger partial charge in [0.1, 0.15) is 17.2 Å². The average molecular weight is 485 g/mol. The lowest BCUT2D eigenvalue weighted by Gasteiger charge is -2.16. The van der Waals surface area contributed by atoms with Crippen LogP contribution >= 0.6 is 0 Å². The summed E-state index contributed by atoms with van der Waals surface area (Å²) >= 11 is 0. The molecular weight excluding hydrogens is 466 g/mol. The third-order valence-corrected chi connectivity index (χ3v) is 5.22. The lowest BCUT2D eigenvalue weighted by molar-refractivity contribution is -0.141. The molecule has 0 fully saturated rings. The van der Waals surface area contributed by atoms with E-state index in [0.29, 0.717) is 0 Å². The average Bonchev–Trinajstić information content (AvgIpc) is 3.26. The number of nitrogens with zero attached hydrogens (tertiary/aromatic N) is 2. The number of halogens is 4. The number of rotatable bonds is 7. The normalized spacial score (nSPS) is 12.9. The van der Waals surface area contributed by atoms with Crippen LogP contribution in [0.25, 0.3) is 11.5 Å². The topological polar surface area (TPSA) is 117 Å². The minimum absolute atomic E-state index is 0.0648. The van der Waals surface area contributed by atoms with Gasteiger partial charge in [0.05, 0.1) is 17.9 Å². The van der Waals surface area contributed by atoms with Gasteiger partial charge in [-0.25, -0.2) is 22.8 Å². The van der Waals surface area contributed by atoms with Crippen molar-refractivity contribution >= 4 is 21.6 Å². The van der Waals surface area contributed by atoms with Crippen LogP contribution < -0.4 is 10.0 Å². The van der Waals surface area contributed by atoms with E-state index < -0.39 is 39.5 Å². The number of hydrogen-bond donors (Lipinski definition) is 3. The van der Waals surface area contributed by atoms with E-state index in [0.717, 1.165) is 18.4 Å². The van der Waals surface area contributed by atoms with E-state index in [1.165, 1.54) is 37.5 Å². The Morgan fingerprint density at radius 3 is 2.52 bits per heavy atom. The van der Waals surface area contributed by atoms with E-state index in [2.05, 4.69) is 20.3 Å². The van der Waals surface area contributed by atoms with Crippen LogP contribution in [0.2, 0.25) is 0 Å². The fraction of sp³-hybridized carbons (Fsp3) is 0.250. The number of H-pyrrole nitrogens is 1. The Morgan fingerprint density at radius 2 is 1.94 bits per heavy atom. The zero-order valence-electron chi connectivity index (χ0n) is 17.4. The molecule has 1 aromatic carbocycles. The number of carbonyl (C=O) groups is 1. The number of anilines is 1. The number of imidazole rings is 1. The lowest BCUT2D eigenvalue weighted by Crippen LogP contribution is -2.28. The van der Waals surface area contributed by atoms with Crippen molar-refractivity contribution in [2.24, 2.45) is 0 Å². The molecule has 0 bridgehead atoms. The number of benzene rings is 1. The quantitative estimate of drug-likeness (QED) is 0.444. The predicted molar refractivity (Wildman–Crippen MR) is 112 cm³/mol. The highest BCUT2D eigenvalue weighted by atomic mass is 32.2. The van der Waals surface area contributed by atoms with Gasteiger partial charge in [-0.3, -0.25) is 9.52 Å². The molecule has 2 heterocycles. The largest absolute Gasteiger partial charge is 0.433 e. The summed E-state index contributed by atoms with van der Waals surface area (Å²) in [6.07, 6.45) is -0.986. The molecule has 0 spiro atoms. The summed E-state index contributed by atoms with van der Waals surface area (Å²) < 4.78 is 78.0. The molecule has 0 aliphatic carbocycles. The van der Waals surface area contributed by atoms with Crippen molar-refractivity contribution in [3.8, 4) is 11.5 Å². The third kappa shape index (κ3) is 6.06. The Hall–Kier alpha value is -3.48. The van der Waals surface area contributed by atoms with Crippen molar-refractivity contribution in [2.45, 2.75) is 25.6 Å². The van der Waals surface area contributed by atoms with Crippen LogP contribution in [0.4, 0.5) is 23.2 Å². The standard InChI is InChI=1S/C20H19F4N5O3S/c1-11(12-3-5-15(14(21)9-12)29-33(2,31)32)19(30)27-10-13-4-6-16(20(22,23)24)28-17(13)18-25-7-8-26-18/h3-9,11,29H,10H2,1-2H3,(H,25,26)(H,27,30). The Balaban J connectivity index is 1.77. The molecule has 176 valence electrons. The minimum atomic E-state index is -4.65. The molecule has 3 rings (SSSR count). The predicted octanol–water partition coefficient (Wildman–Crippen LogP) is 3.42. The van der Waals surface area contributed by atoms with Gasteiger partial charge >= 0.3 is 6.18 Å². The second-order valence-corrected chi connectivity index (χ2v) is 8.94. The maximum Gasteiger partial charge on any atom is 0.433 e. The van der Waals surface area contributed by atoms with E-state index in [9.17, 15) is 30.8 Å². The van der Waals surface area contributed by atoms with Crippen molar-refractivity contribution in [3.63, 3.8) is 0 Å². The molecule has 3 aromatic rings. The first kappa shape index (κ1) is 24.2. The van der Waals surface area contributed by atoms with Crippen molar-refractivity contribution < 1.29 is 30.8 Å². The number of hydrogen-bond acceptors (Lipinski definition) is 5. The van der Waals surface area contributed by atoms with Gasteiger partial charge < -0.3 is 10.3 Å². The summed E-state index contributed by atoms with van der Waals surface area (Å²) in [7, 11) is -3.68. The number of alkyl halides is 3. The van der Waals surface area contributed by atoms with Gasteiger partial charge in [0.15, 0.2) is 5.82 Å². The Kier molecular flexibility index (Phi) is 6.72. The van der Waals surface area contributed by atoms with E-state index >= 15 is 0 Å². The monoisotopic (exact) mass is 485 g/mol. The maximum absolute atomic E-state index is 14.2. The molecule has 13 heteroatoms. The first-order valence-electron chi connectivity index (χ1n) is 9.47. The van der Waals surface area contributed by atoms with Crippen LogP contribution in [0.3, 0.4) is 0 Å². The summed E-state index contributed by atoms with van der Waals surface area (Å²) in [6, 6.07) is 5.63. The molecule has 0 aliphatic heterocycles. The Labute approximate surface area is 186 Å². The van der Waals surface area contributed by atoms with Crippen LogP contribution in [-0.2, 0) is 27.5 Å². The number of aromatic nitrogens is 3. The summed E-state index contributed by atoms with van der Waals surface area (Å²) in [4.78, 5) is 22.9. The highest BCUT2D eigenvalue weighted by molar-refractivity contribution is 7.92. The second kappa shape index (κ2) is 9.17. The zero-order valence-corrected chi connectivity index (χ0v) is 18.2. The van der Waals surface area contributed by atoms with Crippen molar-refractivity contribution in [3.05, 3.63) is 65.4 Å². The first-order chi connectivity index (χ1) is 15.3. The molecule has 1 amide bonds. The summed E-state index contributed by atoms with van der Waals surface area (Å²) in [5.74, 6) is -2.11. The molecule has 2 aromatic heterocycles. The maximum atomic E-state index is 14.2. The van der Waals surface area contributed by atoms with Crippen LogP contribution in [0.1, 0.15) is 29.7 Å². The van der Waals surface area contributed by atoms with E-state index in [4.69, 9.17) is 0 Å². The van der Waals surface area contributed by atoms with Crippen molar-refractivity contribution in [1.29, 1.82) is 0 Å². The molecule has 1 atom stereocenters. The summed E-state index contributed by atoms with van der Waals surface area (Å²) in [5.41, 5.74) is -0.855. The van der Waals surface area contributed by atoms with Gasteiger partial charge in [0.25, 0.3) is 0 Å². The third-order valence-electron chi connectivity index (χ3n) is 4.63. The molecule has 0 aliphatic rings. The van der Waals surface area contributed by atoms with Crippen LogP contribution in [0.15, 0.2) is 42.7 Å². The molecule has 8 nitrogen and oxygen atoms in total. The number of aromatic amines is 1. The minimum Gasteiger partial charge on any atom is -0.351 e. The van der Waals surface area contributed by atoms with Crippen LogP contribution in [-0.4, -0.2) is 35.5 Å². The first-order valence-corrected chi connectivity index (χ1v) is 11.4. The second-order valence-electron chi connectivity index (χ2n) is 7.19. The number of pyridine rings is 1. The van der Waals surface area contributed by atoms with E-state index in [1.807, 2.05) is 4.72 Å². The summed E-state index contributed by atoms with van der Waals surface area (Å²) in [5, 5.41) is 2.59. The van der Waals surface area contributed by atoms with Gasteiger partial charge in [-0.2, -0.15) is 13.2 Å². The molecule has 0 saturated heterocycles.